The predicted octanol–water partition coefficient (Wildman–Crippen LogP) is 2.57. The zero-order valence-corrected chi connectivity index (χ0v) is 15.6. The number of benzene rings is 1. The average Bonchev–Trinajstić information content (AvgIpc) is 2.68. The van der Waals surface area contributed by atoms with E-state index < -0.39 is 6.56 Å². The first-order valence-corrected chi connectivity index (χ1v) is 9.21. The molecule has 1 aromatic carbocycles. The van der Waals surface area contributed by atoms with Gasteiger partial charge >= 0.3 is 0 Å². The SMILES string of the molecule is [2H]C([2H])(C)Oc1ccc2c(c1)CCn1c(OC[C@@H]3COCCO3)cc(=O)c(C)c1-2. The third-order valence-corrected chi connectivity index (χ3v) is 4.97. The fraction of sp³-hybridized carbons (Fsp3) is 0.476. The second kappa shape index (κ2) is 7.74. The molecule has 0 spiro atoms. The van der Waals surface area contributed by atoms with E-state index in [4.69, 9.17) is 21.7 Å². The molecule has 1 aromatic heterocycles. The number of rotatable bonds is 5. The summed E-state index contributed by atoms with van der Waals surface area (Å²) in [5.41, 5.74) is 3.38. The second-order valence-electron chi connectivity index (χ2n) is 6.73. The Balaban J connectivity index is 1.66. The molecule has 0 aliphatic carbocycles. The average molecular weight is 373 g/mol. The summed E-state index contributed by atoms with van der Waals surface area (Å²) in [5.74, 6) is 1.01. The van der Waals surface area contributed by atoms with Crippen LogP contribution in [0.2, 0.25) is 0 Å². The van der Waals surface area contributed by atoms with Gasteiger partial charge in [-0.05, 0) is 44.0 Å². The fourth-order valence-corrected chi connectivity index (χ4v) is 3.65. The van der Waals surface area contributed by atoms with E-state index >= 15 is 0 Å². The van der Waals surface area contributed by atoms with Crippen LogP contribution in [0, 0.1) is 6.92 Å². The lowest BCUT2D eigenvalue weighted by Gasteiger charge is -2.28. The molecule has 0 bridgehead atoms. The highest BCUT2D eigenvalue weighted by Gasteiger charge is 2.23. The Morgan fingerprint density at radius 1 is 1.30 bits per heavy atom. The summed E-state index contributed by atoms with van der Waals surface area (Å²) in [4.78, 5) is 12.6. The largest absolute Gasteiger partial charge is 0.494 e. The first-order valence-electron chi connectivity index (χ1n) is 10.2. The van der Waals surface area contributed by atoms with E-state index in [1.807, 2.05) is 23.6 Å². The number of ether oxygens (including phenoxy) is 4. The molecule has 6 nitrogen and oxygen atoms in total. The van der Waals surface area contributed by atoms with Crippen LogP contribution in [-0.2, 0) is 22.4 Å². The Morgan fingerprint density at radius 3 is 2.96 bits per heavy atom. The lowest BCUT2D eigenvalue weighted by molar-refractivity contribution is -0.102. The van der Waals surface area contributed by atoms with Crippen molar-refractivity contribution in [1.29, 1.82) is 0 Å². The van der Waals surface area contributed by atoms with E-state index in [0.717, 1.165) is 23.2 Å². The zero-order valence-electron chi connectivity index (χ0n) is 17.6. The van der Waals surface area contributed by atoms with Crippen LogP contribution in [0.1, 0.15) is 20.8 Å². The highest BCUT2D eigenvalue weighted by atomic mass is 16.6. The molecular weight excluding hydrogens is 346 g/mol. The van der Waals surface area contributed by atoms with Crippen LogP contribution in [-0.4, -0.2) is 43.7 Å². The van der Waals surface area contributed by atoms with Crippen molar-refractivity contribution in [2.24, 2.45) is 0 Å². The molecule has 0 saturated carbocycles. The Kier molecular flexibility index (Phi) is 4.51. The summed E-state index contributed by atoms with van der Waals surface area (Å²) in [6, 6.07) is 7.01. The van der Waals surface area contributed by atoms with Crippen LogP contribution in [0.3, 0.4) is 0 Å². The van der Waals surface area contributed by atoms with Gasteiger partial charge in [-0.15, -0.1) is 0 Å². The molecule has 0 radical (unpaired) electrons. The van der Waals surface area contributed by atoms with Crippen LogP contribution in [0.4, 0.5) is 0 Å². The predicted molar refractivity (Wildman–Crippen MR) is 102 cm³/mol. The Bertz CT molecular complexity index is 961. The van der Waals surface area contributed by atoms with Crippen molar-refractivity contribution in [1.82, 2.24) is 4.57 Å². The molecule has 0 amide bonds. The summed E-state index contributed by atoms with van der Waals surface area (Å²) in [6.45, 7) is 4.05. The molecule has 1 atom stereocenters. The van der Waals surface area contributed by atoms with Crippen molar-refractivity contribution >= 4 is 0 Å². The van der Waals surface area contributed by atoms with Gasteiger partial charge in [-0.2, -0.15) is 0 Å². The van der Waals surface area contributed by atoms with E-state index in [-0.39, 0.29) is 11.5 Å². The van der Waals surface area contributed by atoms with Gasteiger partial charge in [-0.3, -0.25) is 4.79 Å². The summed E-state index contributed by atoms with van der Waals surface area (Å²) >= 11 is 0. The van der Waals surface area contributed by atoms with Gasteiger partial charge in [0.1, 0.15) is 18.5 Å². The van der Waals surface area contributed by atoms with Gasteiger partial charge < -0.3 is 23.5 Å². The molecule has 144 valence electrons. The lowest BCUT2D eigenvalue weighted by atomic mass is 9.94. The number of aromatic nitrogens is 1. The van der Waals surface area contributed by atoms with Gasteiger partial charge in [-0.25, -0.2) is 0 Å². The van der Waals surface area contributed by atoms with Crippen molar-refractivity contribution in [3.8, 4) is 22.9 Å². The number of nitrogens with zero attached hydrogens (tertiary/aromatic N) is 1. The third-order valence-electron chi connectivity index (χ3n) is 4.97. The van der Waals surface area contributed by atoms with E-state index in [9.17, 15) is 4.79 Å². The Morgan fingerprint density at radius 2 is 2.19 bits per heavy atom. The van der Waals surface area contributed by atoms with Crippen molar-refractivity contribution in [3.63, 3.8) is 0 Å². The first-order chi connectivity index (χ1) is 13.8. The lowest BCUT2D eigenvalue weighted by Crippen LogP contribution is -2.34. The van der Waals surface area contributed by atoms with Crippen LogP contribution >= 0.6 is 0 Å². The fourth-order valence-electron chi connectivity index (χ4n) is 3.65. The van der Waals surface area contributed by atoms with Gasteiger partial charge in [0.15, 0.2) is 11.3 Å². The van der Waals surface area contributed by atoms with Gasteiger partial charge in [0, 0.05) is 23.7 Å². The van der Waals surface area contributed by atoms with E-state index in [1.165, 1.54) is 13.0 Å². The second-order valence-corrected chi connectivity index (χ2v) is 6.73. The molecule has 2 aromatic rings. The first kappa shape index (κ1) is 15.7. The van der Waals surface area contributed by atoms with Crippen molar-refractivity contribution < 1.29 is 21.7 Å². The molecule has 27 heavy (non-hydrogen) atoms. The number of fused-ring (bicyclic) bond motifs is 3. The maximum atomic E-state index is 12.6. The molecule has 2 aliphatic rings. The van der Waals surface area contributed by atoms with Gasteiger partial charge in [0.2, 0.25) is 0 Å². The number of hydrogen-bond donors (Lipinski definition) is 0. The van der Waals surface area contributed by atoms with Crippen molar-refractivity contribution in [3.05, 3.63) is 45.6 Å². The van der Waals surface area contributed by atoms with Gasteiger partial charge in [-0.1, -0.05) is 0 Å². The van der Waals surface area contributed by atoms with Crippen LogP contribution < -0.4 is 14.9 Å². The summed E-state index contributed by atoms with van der Waals surface area (Å²) < 4.78 is 39.6. The van der Waals surface area contributed by atoms with Gasteiger partial charge in [0.25, 0.3) is 0 Å². The molecular formula is C21H25NO5. The molecule has 2 aliphatic heterocycles. The maximum Gasteiger partial charge on any atom is 0.197 e. The van der Waals surface area contributed by atoms with Crippen molar-refractivity contribution in [2.45, 2.75) is 32.9 Å². The smallest absolute Gasteiger partial charge is 0.197 e. The molecule has 6 heteroatoms. The minimum atomic E-state index is -1.75. The van der Waals surface area contributed by atoms with E-state index in [1.54, 1.807) is 6.07 Å². The number of hydrogen-bond acceptors (Lipinski definition) is 5. The minimum Gasteiger partial charge on any atom is -0.494 e. The molecule has 4 rings (SSSR count). The Labute approximate surface area is 161 Å². The van der Waals surface area contributed by atoms with Crippen LogP contribution in [0.5, 0.6) is 11.6 Å². The highest BCUT2D eigenvalue weighted by molar-refractivity contribution is 5.70. The monoisotopic (exact) mass is 373 g/mol. The number of aryl methyl sites for hydroxylation is 1. The summed E-state index contributed by atoms with van der Waals surface area (Å²) in [5, 5.41) is 0. The molecule has 0 N–H and O–H groups in total. The van der Waals surface area contributed by atoms with E-state index in [2.05, 4.69) is 0 Å². The topological polar surface area (TPSA) is 58.9 Å². The zero-order chi connectivity index (χ0) is 20.6. The normalized spacial score (nSPS) is 20.1. The molecule has 1 saturated heterocycles. The highest BCUT2D eigenvalue weighted by Crippen LogP contribution is 2.35. The minimum absolute atomic E-state index is 0.0786. The molecule has 0 unspecified atom stereocenters. The van der Waals surface area contributed by atoms with Gasteiger partial charge in [0.05, 0.1) is 34.8 Å². The summed E-state index contributed by atoms with van der Waals surface area (Å²) in [7, 11) is 0. The number of pyridine rings is 1. The Hall–Kier alpha value is -2.31. The third kappa shape index (κ3) is 3.59. The molecule has 1 fully saturated rings. The van der Waals surface area contributed by atoms with Crippen LogP contribution in [0.15, 0.2) is 29.1 Å². The standard InChI is InChI=1S/C21H25NO5/c1-3-25-16-4-5-18-15(10-16)6-7-22-20(11-19(23)14(2)21(18)22)27-13-17-12-24-8-9-26-17/h4-5,10-11,17H,3,6-9,12-13H2,1-2H3/t17-/m0/s1/i3D2. The van der Waals surface area contributed by atoms with Crippen LogP contribution in [0.25, 0.3) is 11.3 Å². The van der Waals surface area contributed by atoms with Crippen molar-refractivity contribution in [2.75, 3.05) is 33.0 Å². The summed E-state index contributed by atoms with van der Waals surface area (Å²) in [6.07, 6.45) is 0.588. The molecule has 3 heterocycles. The maximum absolute atomic E-state index is 12.6. The quantitative estimate of drug-likeness (QED) is 0.806. The van der Waals surface area contributed by atoms with E-state index in [0.29, 0.717) is 50.2 Å².